The van der Waals surface area contributed by atoms with Gasteiger partial charge in [0.25, 0.3) is 0 Å². The Hall–Kier alpha value is -1.23. The third-order valence-corrected chi connectivity index (χ3v) is 1.80. The van der Waals surface area contributed by atoms with Gasteiger partial charge in [-0.25, -0.2) is 4.79 Å². The Morgan fingerprint density at radius 1 is 1.12 bits per heavy atom. The van der Waals surface area contributed by atoms with Crippen molar-refractivity contribution in [3.05, 3.63) is 0 Å². The molecule has 0 heterocycles. The van der Waals surface area contributed by atoms with E-state index >= 15 is 0 Å². The van der Waals surface area contributed by atoms with Crippen molar-refractivity contribution in [1.82, 2.24) is 5.48 Å². The Morgan fingerprint density at radius 3 is 2.12 bits per heavy atom. The Bertz CT molecular complexity index is 278. The minimum absolute atomic E-state index is 0.0277. The van der Waals surface area contributed by atoms with Crippen LogP contribution in [0.5, 0.6) is 0 Å². The van der Waals surface area contributed by atoms with Crippen molar-refractivity contribution >= 4 is 17.5 Å². The van der Waals surface area contributed by atoms with E-state index in [4.69, 9.17) is 0 Å². The van der Waals surface area contributed by atoms with Crippen LogP contribution in [0.3, 0.4) is 0 Å². The van der Waals surface area contributed by atoms with E-state index in [0.717, 1.165) is 0 Å². The molecular formula is C11H19NO4. The van der Waals surface area contributed by atoms with Crippen molar-refractivity contribution in [1.29, 1.82) is 0 Å². The average Bonchev–Trinajstić information content (AvgIpc) is 2.13. The van der Waals surface area contributed by atoms with Gasteiger partial charge in [-0.3, -0.25) is 4.79 Å². The molecule has 0 saturated carbocycles. The summed E-state index contributed by atoms with van der Waals surface area (Å²) in [5.74, 6) is -0.608. The maximum absolute atomic E-state index is 11.3. The number of rotatable bonds is 6. The monoisotopic (exact) mass is 229 g/mol. The first-order valence-corrected chi connectivity index (χ1v) is 5.18. The third kappa shape index (κ3) is 7.11. The zero-order chi connectivity index (χ0) is 12.8. The van der Waals surface area contributed by atoms with E-state index in [1.807, 2.05) is 0 Å². The van der Waals surface area contributed by atoms with Crippen molar-refractivity contribution in [2.75, 3.05) is 6.54 Å². The number of hydrogen-bond acceptors (Lipinski definition) is 5. The molecular weight excluding hydrogens is 210 g/mol. The zero-order valence-electron chi connectivity index (χ0n) is 10.3. The summed E-state index contributed by atoms with van der Waals surface area (Å²) in [5, 5.41) is 0. The number of nitrogens with one attached hydrogen (secondary N) is 1. The van der Waals surface area contributed by atoms with Crippen LogP contribution in [0, 0.1) is 5.41 Å². The van der Waals surface area contributed by atoms with Crippen molar-refractivity contribution in [2.45, 2.75) is 40.5 Å². The van der Waals surface area contributed by atoms with Gasteiger partial charge in [0.1, 0.15) is 11.6 Å². The molecule has 0 saturated heterocycles. The molecule has 0 aromatic rings. The number of ketones is 2. The molecule has 0 aromatic carbocycles. The molecule has 0 unspecified atom stereocenters. The fourth-order valence-corrected chi connectivity index (χ4v) is 0.739. The van der Waals surface area contributed by atoms with Gasteiger partial charge in [-0.15, -0.1) is 5.48 Å². The fourth-order valence-electron chi connectivity index (χ4n) is 0.739. The van der Waals surface area contributed by atoms with Crippen LogP contribution in [0.2, 0.25) is 0 Å². The topological polar surface area (TPSA) is 72.5 Å². The van der Waals surface area contributed by atoms with Gasteiger partial charge in [0.2, 0.25) is 0 Å². The summed E-state index contributed by atoms with van der Waals surface area (Å²) in [5.41, 5.74) is 1.70. The number of hydrogen-bond donors (Lipinski definition) is 1. The molecule has 1 N–H and O–H groups in total. The Labute approximate surface area is 95.5 Å². The summed E-state index contributed by atoms with van der Waals surface area (Å²) in [6, 6.07) is 0. The second kappa shape index (κ2) is 6.37. The highest BCUT2D eigenvalue weighted by molar-refractivity contribution is 5.86. The van der Waals surface area contributed by atoms with Crippen LogP contribution >= 0.6 is 0 Å². The molecule has 0 aliphatic carbocycles. The largest absolute Gasteiger partial charge is 0.370 e. The smallest absolute Gasteiger partial charge is 0.329 e. The van der Waals surface area contributed by atoms with Crippen LogP contribution in [-0.4, -0.2) is 24.1 Å². The van der Waals surface area contributed by atoms with Crippen molar-refractivity contribution in [3.63, 3.8) is 0 Å². The van der Waals surface area contributed by atoms with Crippen LogP contribution < -0.4 is 5.48 Å². The summed E-state index contributed by atoms with van der Waals surface area (Å²) >= 11 is 0. The van der Waals surface area contributed by atoms with Gasteiger partial charge in [0.15, 0.2) is 0 Å². The summed E-state index contributed by atoms with van der Waals surface area (Å²) in [7, 11) is 0. The van der Waals surface area contributed by atoms with E-state index in [1.54, 1.807) is 20.8 Å². The van der Waals surface area contributed by atoms with Crippen LogP contribution in [0.25, 0.3) is 0 Å². The highest BCUT2D eigenvalue weighted by Crippen LogP contribution is 2.13. The number of carbonyl (C=O) groups excluding carboxylic acids is 3. The second-order valence-electron chi connectivity index (χ2n) is 4.70. The van der Waals surface area contributed by atoms with Crippen LogP contribution in [0.4, 0.5) is 0 Å². The van der Waals surface area contributed by atoms with Gasteiger partial charge in [0, 0.05) is 12.8 Å². The molecule has 5 nitrogen and oxygen atoms in total. The number of hydroxylamine groups is 1. The highest BCUT2D eigenvalue weighted by atomic mass is 16.7. The minimum Gasteiger partial charge on any atom is -0.370 e. The SMILES string of the molecule is CC(=O)CCC(=O)CNOC(=O)C(C)(C)C. The Balaban J connectivity index is 3.71. The van der Waals surface area contributed by atoms with Gasteiger partial charge >= 0.3 is 5.97 Å². The standard InChI is InChI=1S/C11H19NO4/c1-8(13)5-6-9(14)7-12-16-10(15)11(2,3)4/h12H,5-7H2,1-4H3. The molecule has 0 radical (unpaired) electrons. The van der Waals surface area contributed by atoms with Crippen LogP contribution in [0.1, 0.15) is 40.5 Å². The minimum atomic E-state index is -0.602. The molecule has 0 aromatic heterocycles. The fraction of sp³-hybridized carbons (Fsp3) is 0.727. The van der Waals surface area contributed by atoms with Gasteiger partial charge in [0.05, 0.1) is 12.0 Å². The molecule has 0 spiro atoms. The molecule has 5 heteroatoms. The molecule has 0 rings (SSSR count). The lowest BCUT2D eigenvalue weighted by molar-refractivity contribution is -0.161. The Kier molecular flexibility index (Phi) is 5.88. The first-order chi connectivity index (χ1) is 7.23. The molecule has 0 amide bonds. The van der Waals surface area contributed by atoms with E-state index in [9.17, 15) is 14.4 Å². The average molecular weight is 229 g/mol. The van der Waals surface area contributed by atoms with Gasteiger partial charge < -0.3 is 9.63 Å². The first kappa shape index (κ1) is 14.8. The molecule has 16 heavy (non-hydrogen) atoms. The lowest BCUT2D eigenvalue weighted by atomic mass is 9.98. The predicted molar refractivity (Wildman–Crippen MR) is 58.5 cm³/mol. The lowest BCUT2D eigenvalue weighted by Crippen LogP contribution is -2.32. The van der Waals surface area contributed by atoms with Gasteiger partial charge in [-0.2, -0.15) is 0 Å². The maximum atomic E-state index is 11.3. The second-order valence-corrected chi connectivity index (χ2v) is 4.70. The van der Waals surface area contributed by atoms with Crippen LogP contribution in [-0.2, 0) is 19.2 Å². The lowest BCUT2D eigenvalue weighted by Gasteiger charge is -2.15. The van der Waals surface area contributed by atoms with Crippen molar-refractivity contribution < 1.29 is 19.2 Å². The molecule has 0 fully saturated rings. The molecule has 0 bridgehead atoms. The quantitative estimate of drug-likeness (QED) is 0.688. The Morgan fingerprint density at radius 2 is 1.69 bits per heavy atom. The summed E-state index contributed by atoms with van der Waals surface area (Å²) in [6.07, 6.45) is 0.406. The van der Waals surface area contributed by atoms with E-state index in [0.29, 0.717) is 0 Å². The van der Waals surface area contributed by atoms with E-state index < -0.39 is 11.4 Å². The molecule has 0 atom stereocenters. The number of Topliss-reactive ketones (excluding diaryl/α,β-unsaturated/α-hetero) is 2. The van der Waals surface area contributed by atoms with Crippen molar-refractivity contribution in [2.24, 2.45) is 5.41 Å². The summed E-state index contributed by atoms with van der Waals surface area (Å²) in [4.78, 5) is 37.7. The van der Waals surface area contributed by atoms with E-state index in [1.165, 1.54) is 6.92 Å². The summed E-state index contributed by atoms with van der Waals surface area (Å²) < 4.78 is 0. The van der Waals surface area contributed by atoms with Gasteiger partial charge in [-0.05, 0) is 27.7 Å². The van der Waals surface area contributed by atoms with Crippen molar-refractivity contribution in [3.8, 4) is 0 Å². The van der Waals surface area contributed by atoms with Gasteiger partial charge in [-0.1, -0.05) is 0 Å². The normalized spacial score (nSPS) is 11.0. The maximum Gasteiger partial charge on any atom is 0.329 e. The third-order valence-electron chi connectivity index (χ3n) is 1.80. The van der Waals surface area contributed by atoms with E-state index in [-0.39, 0.29) is 31.0 Å². The summed E-state index contributed by atoms with van der Waals surface area (Å²) in [6.45, 7) is 6.52. The van der Waals surface area contributed by atoms with E-state index in [2.05, 4.69) is 10.3 Å². The molecule has 0 aliphatic rings. The number of carbonyl (C=O) groups is 3. The predicted octanol–water partition coefficient (Wildman–Crippen LogP) is 1.02. The molecule has 0 aliphatic heterocycles. The first-order valence-electron chi connectivity index (χ1n) is 5.18. The highest BCUT2D eigenvalue weighted by Gasteiger charge is 2.23. The zero-order valence-corrected chi connectivity index (χ0v) is 10.3. The molecule has 92 valence electrons. The van der Waals surface area contributed by atoms with Crippen LogP contribution in [0.15, 0.2) is 0 Å².